The highest BCUT2D eigenvalue weighted by molar-refractivity contribution is 5.69. The molecule has 0 amide bonds. The Morgan fingerprint density at radius 1 is 1.38 bits per heavy atom. The van der Waals surface area contributed by atoms with Crippen LogP contribution in [0, 0.1) is 0 Å². The summed E-state index contributed by atoms with van der Waals surface area (Å²) in [6.07, 6.45) is 2.87. The first-order chi connectivity index (χ1) is 11.8. The van der Waals surface area contributed by atoms with Crippen molar-refractivity contribution < 1.29 is 18.8 Å². The van der Waals surface area contributed by atoms with Gasteiger partial charge in [0.05, 0.1) is 6.42 Å². The van der Waals surface area contributed by atoms with Crippen LogP contribution < -0.4 is 4.90 Å². The van der Waals surface area contributed by atoms with Crippen LogP contribution in [0.4, 0.5) is 5.82 Å². The lowest BCUT2D eigenvalue weighted by Crippen LogP contribution is -2.30. The Labute approximate surface area is 141 Å². The van der Waals surface area contributed by atoms with E-state index in [4.69, 9.17) is 14.0 Å². The Kier molecular flexibility index (Phi) is 5.48. The van der Waals surface area contributed by atoms with Crippen molar-refractivity contribution in [3.8, 4) is 0 Å². The fraction of sp³-hybridized carbons (Fsp3) is 0.444. The third-order valence-corrected chi connectivity index (χ3v) is 4.13. The number of hydrogen-bond donors (Lipinski definition) is 0. The molecule has 1 fully saturated rings. The van der Waals surface area contributed by atoms with Gasteiger partial charge in [0, 0.05) is 26.1 Å². The Balaban J connectivity index is 1.46. The number of aryl methyl sites for hydroxylation is 1. The number of rotatable bonds is 7. The Hall–Kier alpha value is -2.34. The zero-order valence-corrected chi connectivity index (χ0v) is 13.8. The molecule has 2 aromatic rings. The molecule has 0 radical (unpaired) electrons. The number of nitrogens with zero attached hydrogens (tertiary/aromatic N) is 2. The molecular weight excluding hydrogens is 308 g/mol. The first-order valence-electron chi connectivity index (χ1n) is 8.21. The number of carbonyl (C=O) groups is 1. The van der Waals surface area contributed by atoms with Gasteiger partial charge in [-0.2, -0.15) is 0 Å². The highest BCUT2D eigenvalue weighted by Crippen LogP contribution is 2.25. The van der Waals surface area contributed by atoms with E-state index in [-0.39, 0.29) is 18.6 Å². The first kappa shape index (κ1) is 16.5. The Morgan fingerprint density at radius 3 is 3.00 bits per heavy atom. The molecule has 0 N–H and O–H groups in total. The number of aromatic nitrogens is 1. The van der Waals surface area contributed by atoms with Gasteiger partial charge in [-0.1, -0.05) is 35.5 Å². The van der Waals surface area contributed by atoms with Gasteiger partial charge < -0.3 is 18.9 Å². The van der Waals surface area contributed by atoms with Crippen molar-refractivity contribution >= 4 is 11.8 Å². The predicted octanol–water partition coefficient (Wildman–Crippen LogP) is 2.92. The molecule has 0 bridgehead atoms. The van der Waals surface area contributed by atoms with Crippen LogP contribution in [0.1, 0.15) is 30.6 Å². The Bertz CT molecular complexity index is 656. The van der Waals surface area contributed by atoms with Gasteiger partial charge in [0.15, 0.2) is 5.82 Å². The third kappa shape index (κ3) is 4.14. The van der Waals surface area contributed by atoms with E-state index < -0.39 is 0 Å². The van der Waals surface area contributed by atoms with Crippen molar-refractivity contribution in [3.63, 3.8) is 0 Å². The quantitative estimate of drug-likeness (QED) is 0.727. The molecule has 0 saturated carbocycles. The summed E-state index contributed by atoms with van der Waals surface area (Å²) in [6, 6.07) is 11.5. The van der Waals surface area contributed by atoms with Gasteiger partial charge in [0.2, 0.25) is 0 Å². The highest BCUT2D eigenvalue weighted by atomic mass is 16.5. The summed E-state index contributed by atoms with van der Waals surface area (Å²) in [7, 11) is 1.70. The summed E-state index contributed by atoms with van der Waals surface area (Å²) >= 11 is 0. The average Bonchev–Trinajstić information content (AvgIpc) is 3.27. The monoisotopic (exact) mass is 330 g/mol. The molecule has 0 aliphatic carbocycles. The number of methoxy groups -OCH3 is 1. The topological polar surface area (TPSA) is 64.8 Å². The van der Waals surface area contributed by atoms with Crippen LogP contribution in [0.5, 0.6) is 0 Å². The maximum Gasteiger partial charge on any atom is 0.306 e. The van der Waals surface area contributed by atoms with E-state index in [0.29, 0.717) is 18.8 Å². The molecule has 0 unspecified atom stereocenters. The molecule has 6 nitrogen and oxygen atoms in total. The third-order valence-electron chi connectivity index (χ3n) is 4.13. The molecular formula is C18H22N2O4. The van der Waals surface area contributed by atoms with Gasteiger partial charge >= 0.3 is 5.97 Å². The van der Waals surface area contributed by atoms with Crippen LogP contribution in [0.25, 0.3) is 0 Å². The van der Waals surface area contributed by atoms with E-state index in [1.54, 1.807) is 7.11 Å². The predicted molar refractivity (Wildman–Crippen MR) is 88.4 cm³/mol. The Morgan fingerprint density at radius 2 is 2.21 bits per heavy atom. The van der Waals surface area contributed by atoms with Crippen LogP contribution in [-0.2, 0) is 27.3 Å². The molecule has 1 saturated heterocycles. The van der Waals surface area contributed by atoms with Crippen molar-refractivity contribution in [1.29, 1.82) is 0 Å². The number of hydrogen-bond acceptors (Lipinski definition) is 6. The summed E-state index contributed by atoms with van der Waals surface area (Å²) in [4.78, 5) is 13.9. The van der Waals surface area contributed by atoms with E-state index in [0.717, 1.165) is 30.8 Å². The molecule has 1 atom stereocenters. The van der Waals surface area contributed by atoms with Gasteiger partial charge in [0.25, 0.3) is 0 Å². The summed E-state index contributed by atoms with van der Waals surface area (Å²) in [5.74, 6) is 1.21. The van der Waals surface area contributed by atoms with E-state index in [1.807, 2.05) is 36.4 Å². The number of anilines is 1. The second-order valence-corrected chi connectivity index (χ2v) is 5.82. The van der Waals surface area contributed by atoms with Crippen LogP contribution in [0.3, 0.4) is 0 Å². The summed E-state index contributed by atoms with van der Waals surface area (Å²) in [5, 5.41) is 4.09. The fourth-order valence-electron chi connectivity index (χ4n) is 2.83. The summed E-state index contributed by atoms with van der Waals surface area (Å²) in [5.41, 5.74) is 0.979. The van der Waals surface area contributed by atoms with Gasteiger partial charge in [0.1, 0.15) is 18.6 Å². The van der Waals surface area contributed by atoms with Gasteiger partial charge in [-0.05, 0) is 18.4 Å². The van der Waals surface area contributed by atoms with Crippen molar-refractivity contribution in [2.45, 2.75) is 38.5 Å². The lowest BCUT2D eigenvalue weighted by molar-refractivity contribution is -0.145. The molecule has 1 aliphatic rings. The largest absolute Gasteiger partial charge is 0.461 e. The van der Waals surface area contributed by atoms with Crippen molar-refractivity contribution in [1.82, 2.24) is 5.16 Å². The van der Waals surface area contributed by atoms with Gasteiger partial charge in [-0.25, -0.2) is 0 Å². The minimum Gasteiger partial charge on any atom is -0.461 e. The normalized spacial score (nSPS) is 17.2. The maximum atomic E-state index is 11.8. The van der Waals surface area contributed by atoms with Crippen LogP contribution in [-0.4, -0.2) is 31.0 Å². The molecule has 3 rings (SSSR count). The molecule has 6 heteroatoms. The van der Waals surface area contributed by atoms with Crippen LogP contribution in [0.15, 0.2) is 40.9 Å². The zero-order chi connectivity index (χ0) is 16.8. The van der Waals surface area contributed by atoms with Gasteiger partial charge in [-0.3, -0.25) is 4.79 Å². The number of ether oxygens (including phenoxy) is 2. The highest BCUT2D eigenvalue weighted by Gasteiger charge is 2.26. The van der Waals surface area contributed by atoms with E-state index in [9.17, 15) is 4.79 Å². The fourth-order valence-corrected chi connectivity index (χ4v) is 2.83. The smallest absolute Gasteiger partial charge is 0.306 e. The van der Waals surface area contributed by atoms with Crippen molar-refractivity contribution in [3.05, 3.63) is 47.7 Å². The van der Waals surface area contributed by atoms with Crippen LogP contribution in [0.2, 0.25) is 0 Å². The molecule has 1 aliphatic heterocycles. The van der Waals surface area contributed by atoms with E-state index in [2.05, 4.69) is 10.1 Å². The van der Waals surface area contributed by atoms with Crippen molar-refractivity contribution in [2.75, 3.05) is 18.6 Å². The minimum atomic E-state index is -0.243. The summed E-state index contributed by atoms with van der Waals surface area (Å²) < 4.78 is 16.0. The van der Waals surface area contributed by atoms with E-state index in [1.165, 1.54) is 0 Å². The maximum absolute atomic E-state index is 11.8. The lowest BCUT2D eigenvalue weighted by atomic mass is 10.2. The number of carbonyl (C=O) groups excluding carboxylic acids is 1. The summed E-state index contributed by atoms with van der Waals surface area (Å²) in [6.45, 7) is 1.20. The molecule has 24 heavy (non-hydrogen) atoms. The van der Waals surface area contributed by atoms with Crippen molar-refractivity contribution in [2.24, 2.45) is 0 Å². The molecule has 1 aromatic heterocycles. The van der Waals surface area contributed by atoms with E-state index >= 15 is 0 Å². The standard InChI is InChI=1S/C18H22N2O4/c1-22-17-8-5-11-20(17)16-12-15(24-19-16)9-10-18(21)23-13-14-6-3-2-4-7-14/h2-4,6-7,12,17H,5,8-11,13H2,1H3/t17-/m0/s1. The zero-order valence-electron chi connectivity index (χ0n) is 13.8. The molecule has 1 aromatic carbocycles. The number of esters is 1. The molecule has 0 spiro atoms. The molecule has 2 heterocycles. The number of benzene rings is 1. The average molecular weight is 330 g/mol. The second-order valence-electron chi connectivity index (χ2n) is 5.82. The first-order valence-corrected chi connectivity index (χ1v) is 8.21. The van der Waals surface area contributed by atoms with Gasteiger partial charge in [-0.15, -0.1) is 0 Å². The minimum absolute atomic E-state index is 0.0544. The SMILES string of the molecule is CO[C@H]1CCCN1c1cc(CCC(=O)OCc2ccccc2)on1. The van der Waals surface area contributed by atoms with Crippen LogP contribution >= 0.6 is 0 Å². The second kappa shape index (κ2) is 7.97. The molecule has 128 valence electrons. The lowest BCUT2D eigenvalue weighted by Gasteiger charge is -2.21.